The summed E-state index contributed by atoms with van der Waals surface area (Å²) in [5, 5.41) is 8.18. The number of allylic oxidation sites excluding steroid dienone is 1. The molecule has 0 aromatic rings. The van der Waals surface area contributed by atoms with E-state index in [4.69, 9.17) is 9.84 Å². The summed E-state index contributed by atoms with van der Waals surface area (Å²) in [6, 6.07) is 0. The van der Waals surface area contributed by atoms with Crippen molar-refractivity contribution >= 4 is 0 Å². The molecular formula is C7H10O2. The molecule has 0 fully saturated rings. The van der Waals surface area contributed by atoms with Gasteiger partial charge in [0, 0.05) is 0 Å². The topological polar surface area (TPSA) is 29.5 Å². The van der Waals surface area contributed by atoms with Crippen LogP contribution in [0.4, 0.5) is 0 Å². The second-order valence-electron chi connectivity index (χ2n) is 1.29. The van der Waals surface area contributed by atoms with Crippen molar-refractivity contribution in [3.63, 3.8) is 0 Å². The molecule has 1 N–H and O–H groups in total. The molecule has 2 nitrogen and oxygen atoms in total. The van der Waals surface area contributed by atoms with Crippen LogP contribution in [0.15, 0.2) is 12.3 Å². The van der Waals surface area contributed by atoms with Crippen LogP contribution in [0, 0.1) is 11.8 Å². The molecule has 0 aromatic heterocycles. The molecule has 0 radical (unpaired) electrons. The molecule has 0 atom stereocenters. The molecule has 0 aromatic carbocycles. The Balaban J connectivity index is 3.09. The number of ether oxygens (including phenoxy) is 1. The minimum absolute atomic E-state index is 0.0980. The highest BCUT2D eigenvalue weighted by Crippen LogP contribution is 1.73. The number of hydrogen-bond acceptors (Lipinski definition) is 2. The molecule has 0 aliphatic rings. The van der Waals surface area contributed by atoms with Gasteiger partial charge in [-0.3, -0.25) is 0 Å². The van der Waals surface area contributed by atoms with Crippen LogP contribution in [0.1, 0.15) is 6.92 Å². The Kier molecular flexibility index (Phi) is 6.32. The average molecular weight is 126 g/mol. The first-order valence-corrected chi connectivity index (χ1v) is 2.71. The van der Waals surface area contributed by atoms with Crippen LogP contribution in [0.2, 0.25) is 0 Å². The Morgan fingerprint density at radius 3 is 2.89 bits per heavy atom. The lowest BCUT2D eigenvalue weighted by Gasteiger charge is -1.87. The van der Waals surface area contributed by atoms with Crippen molar-refractivity contribution in [3.8, 4) is 11.8 Å². The fourth-order valence-corrected chi connectivity index (χ4v) is 0.293. The Bertz CT molecular complexity index is 128. The molecule has 0 unspecified atom stereocenters. The maximum absolute atomic E-state index is 8.18. The predicted molar refractivity (Wildman–Crippen MR) is 35.6 cm³/mol. The van der Waals surface area contributed by atoms with E-state index in [-0.39, 0.29) is 6.61 Å². The summed E-state index contributed by atoms with van der Waals surface area (Å²) in [5.74, 6) is 5.05. The van der Waals surface area contributed by atoms with Gasteiger partial charge in [0.2, 0.25) is 0 Å². The third kappa shape index (κ3) is 7.06. The van der Waals surface area contributed by atoms with Crippen LogP contribution < -0.4 is 0 Å². The summed E-state index contributed by atoms with van der Waals surface area (Å²) < 4.78 is 4.82. The lowest BCUT2D eigenvalue weighted by Crippen LogP contribution is -1.81. The number of rotatable bonds is 2. The van der Waals surface area contributed by atoms with Crippen molar-refractivity contribution in [2.75, 3.05) is 13.2 Å². The van der Waals surface area contributed by atoms with Crippen molar-refractivity contribution in [2.24, 2.45) is 0 Å². The minimum atomic E-state index is -0.0980. The first-order chi connectivity index (χ1) is 4.41. The van der Waals surface area contributed by atoms with E-state index in [9.17, 15) is 0 Å². The normalized spacial score (nSPS) is 8.67. The molecule has 0 saturated carbocycles. The fraction of sp³-hybridized carbons (Fsp3) is 0.429. The number of hydrogen-bond donors (Lipinski definition) is 1. The summed E-state index contributed by atoms with van der Waals surface area (Å²) in [7, 11) is 0. The van der Waals surface area contributed by atoms with Crippen LogP contribution in [0.5, 0.6) is 0 Å². The zero-order valence-corrected chi connectivity index (χ0v) is 5.42. The van der Waals surface area contributed by atoms with Gasteiger partial charge in [0.1, 0.15) is 13.2 Å². The van der Waals surface area contributed by atoms with Crippen LogP contribution in [-0.4, -0.2) is 18.3 Å². The van der Waals surface area contributed by atoms with Gasteiger partial charge >= 0.3 is 0 Å². The molecule has 50 valence electrons. The van der Waals surface area contributed by atoms with Gasteiger partial charge in [0.15, 0.2) is 0 Å². The fourth-order valence-electron chi connectivity index (χ4n) is 0.293. The second kappa shape index (κ2) is 7.06. The molecule has 0 bridgehead atoms. The van der Waals surface area contributed by atoms with Gasteiger partial charge in [0.05, 0.1) is 6.26 Å². The zero-order chi connectivity index (χ0) is 6.95. The summed E-state index contributed by atoms with van der Waals surface area (Å²) in [5.41, 5.74) is 0. The molecule has 0 saturated heterocycles. The van der Waals surface area contributed by atoms with E-state index in [0.29, 0.717) is 6.61 Å². The van der Waals surface area contributed by atoms with Crippen LogP contribution in [0.25, 0.3) is 0 Å². The molecule has 2 heteroatoms. The van der Waals surface area contributed by atoms with Crippen LogP contribution >= 0.6 is 0 Å². The monoisotopic (exact) mass is 126 g/mol. The first-order valence-electron chi connectivity index (χ1n) is 2.71. The highest BCUT2D eigenvalue weighted by molar-refractivity contribution is 4.98. The van der Waals surface area contributed by atoms with E-state index in [1.165, 1.54) is 0 Å². The van der Waals surface area contributed by atoms with Crippen molar-refractivity contribution in [1.29, 1.82) is 0 Å². The van der Waals surface area contributed by atoms with Gasteiger partial charge in [-0.1, -0.05) is 17.9 Å². The van der Waals surface area contributed by atoms with Gasteiger partial charge < -0.3 is 9.84 Å². The molecular weight excluding hydrogens is 116 g/mol. The second-order valence-corrected chi connectivity index (χ2v) is 1.29. The van der Waals surface area contributed by atoms with Crippen molar-refractivity contribution in [1.82, 2.24) is 0 Å². The van der Waals surface area contributed by atoms with Crippen molar-refractivity contribution < 1.29 is 9.84 Å². The van der Waals surface area contributed by atoms with E-state index in [1.54, 1.807) is 12.3 Å². The summed E-state index contributed by atoms with van der Waals surface area (Å²) in [4.78, 5) is 0. The number of aliphatic hydroxyl groups excluding tert-OH is 1. The molecule has 9 heavy (non-hydrogen) atoms. The van der Waals surface area contributed by atoms with Crippen molar-refractivity contribution in [2.45, 2.75) is 6.92 Å². The quantitative estimate of drug-likeness (QED) is 0.332. The summed E-state index contributed by atoms with van der Waals surface area (Å²) >= 11 is 0. The number of aliphatic hydroxyl groups is 1. The van der Waals surface area contributed by atoms with Gasteiger partial charge in [0.25, 0.3) is 0 Å². The maximum Gasteiger partial charge on any atom is 0.148 e. The van der Waals surface area contributed by atoms with Crippen LogP contribution in [0.3, 0.4) is 0 Å². The van der Waals surface area contributed by atoms with Gasteiger partial charge in [-0.05, 0) is 6.92 Å². The Morgan fingerprint density at radius 2 is 2.33 bits per heavy atom. The Labute approximate surface area is 55.1 Å². The largest absolute Gasteiger partial charge is 0.489 e. The molecule has 0 rings (SSSR count). The smallest absolute Gasteiger partial charge is 0.148 e. The zero-order valence-electron chi connectivity index (χ0n) is 5.42. The van der Waals surface area contributed by atoms with E-state index >= 15 is 0 Å². The van der Waals surface area contributed by atoms with E-state index < -0.39 is 0 Å². The van der Waals surface area contributed by atoms with E-state index in [0.717, 1.165) is 0 Å². The van der Waals surface area contributed by atoms with E-state index in [1.807, 2.05) is 6.92 Å². The lowest BCUT2D eigenvalue weighted by molar-refractivity contribution is 0.295. The van der Waals surface area contributed by atoms with E-state index in [2.05, 4.69) is 11.8 Å². The maximum atomic E-state index is 8.18. The SMILES string of the molecule is C/C=C/OCC#CCO. The van der Waals surface area contributed by atoms with Crippen LogP contribution in [-0.2, 0) is 4.74 Å². The standard InChI is InChI=1S/C7H10O2/c1-2-6-9-7-4-3-5-8/h2,6,8H,5,7H2,1H3/b6-2+. The van der Waals surface area contributed by atoms with Gasteiger partial charge in [-0.2, -0.15) is 0 Å². The van der Waals surface area contributed by atoms with Crippen molar-refractivity contribution in [3.05, 3.63) is 12.3 Å². The molecule has 0 aliphatic heterocycles. The molecule has 0 spiro atoms. The summed E-state index contributed by atoms with van der Waals surface area (Å²) in [6.07, 6.45) is 3.34. The van der Waals surface area contributed by atoms with Gasteiger partial charge in [-0.25, -0.2) is 0 Å². The first kappa shape index (κ1) is 8.06. The summed E-state index contributed by atoms with van der Waals surface area (Å²) in [6.45, 7) is 2.11. The average Bonchev–Trinajstić information content (AvgIpc) is 1.89. The lowest BCUT2D eigenvalue weighted by atomic mass is 10.6. The molecule has 0 aliphatic carbocycles. The highest BCUT2D eigenvalue weighted by atomic mass is 16.5. The predicted octanol–water partition coefficient (Wildman–Crippen LogP) is 0.532. The molecule has 0 heterocycles. The third-order valence-corrected chi connectivity index (χ3v) is 0.592. The Morgan fingerprint density at radius 1 is 1.56 bits per heavy atom. The Hall–Kier alpha value is -0.940. The highest BCUT2D eigenvalue weighted by Gasteiger charge is 1.68. The van der Waals surface area contributed by atoms with Gasteiger partial charge in [-0.15, -0.1) is 0 Å². The molecule has 0 amide bonds. The third-order valence-electron chi connectivity index (χ3n) is 0.592. The minimum Gasteiger partial charge on any atom is -0.489 e.